The van der Waals surface area contributed by atoms with Gasteiger partial charge in [0, 0.05) is 6.54 Å². The zero-order valence-corrected chi connectivity index (χ0v) is 21.2. The first kappa shape index (κ1) is 24.5. The molecule has 0 spiro atoms. The Morgan fingerprint density at radius 3 is 2.51 bits per heavy atom. The maximum atomic E-state index is 12.5. The van der Waals surface area contributed by atoms with E-state index in [0.717, 1.165) is 56.9 Å². The van der Waals surface area contributed by atoms with Crippen LogP contribution in [-0.4, -0.2) is 34.9 Å². The first-order chi connectivity index (χ1) is 16.7. The zero-order chi connectivity index (χ0) is 24.8. The van der Waals surface area contributed by atoms with Gasteiger partial charge in [0.05, 0.1) is 5.92 Å². The second kappa shape index (κ2) is 9.33. The summed E-state index contributed by atoms with van der Waals surface area (Å²) >= 11 is 0. The molecule has 0 aromatic heterocycles. The van der Waals surface area contributed by atoms with Crippen molar-refractivity contribution in [2.45, 2.75) is 84.2 Å². The molecule has 3 unspecified atom stereocenters. The molecule has 0 saturated heterocycles. The molecule has 35 heavy (non-hydrogen) atoms. The van der Waals surface area contributed by atoms with Crippen LogP contribution in [0.2, 0.25) is 0 Å². The highest BCUT2D eigenvalue weighted by Gasteiger charge is 2.61. The molecule has 4 aliphatic rings. The molecule has 6 nitrogen and oxygen atoms in total. The maximum Gasteiger partial charge on any atom is 0.407 e. The van der Waals surface area contributed by atoms with Crippen molar-refractivity contribution >= 4 is 12.1 Å². The summed E-state index contributed by atoms with van der Waals surface area (Å²) < 4.78 is 5.84. The highest BCUT2D eigenvalue weighted by atomic mass is 16.6. The van der Waals surface area contributed by atoms with Crippen LogP contribution < -0.4 is 5.32 Å². The zero-order valence-electron chi connectivity index (χ0n) is 21.2. The second-order valence-corrected chi connectivity index (χ2v) is 12.3. The Morgan fingerprint density at radius 2 is 1.74 bits per heavy atom. The Hall–Kier alpha value is -2.24. The summed E-state index contributed by atoms with van der Waals surface area (Å²) in [5.41, 5.74) is 1.05. The minimum absolute atomic E-state index is 0.0357. The lowest BCUT2D eigenvalue weighted by molar-refractivity contribution is -0.154. The van der Waals surface area contributed by atoms with E-state index < -0.39 is 5.97 Å². The summed E-state index contributed by atoms with van der Waals surface area (Å²) in [7, 11) is 0. The van der Waals surface area contributed by atoms with Gasteiger partial charge in [-0.05, 0) is 110 Å². The van der Waals surface area contributed by atoms with Crippen molar-refractivity contribution in [2.24, 2.45) is 40.4 Å². The number of phenols is 1. The van der Waals surface area contributed by atoms with E-state index in [4.69, 9.17) is 4.74 Å². The molecule has 4 aliphatic carbocycles. The first-order valence-electron chi connectivity index (χ1n) is 13.7. The van der Waals surface area contributed by atoms with Gasteiger partial charge in [-0.2, -0.15) is 0 Å². The van der Waals surface area contributed by atoms with Crippen molar-refractivity contribution in [1.82, 2.24) is 5.32 Å². The number of carboxylic acids is 1. The normalized spacial score (nSPS) is 40.2. The van der Waals surface area contributed by atoms with E-state index >= 15 is 0 Å². The number of ether oxygens (including phenoxy) is 1. The molecule has 4 saturated carbocycles. The van der Waals surface area contributed by atoms with E-state index in [1.54, 1.807) is 12.1 Å². The van der Waals surface area contributed by atoms with Crippen LogP contribution in [0.25, 0.3) is 0 Å². The van der Waals surface area contributed by atoms with Crippen LogP contribution in [0.15, 0.2) is 24.3 Å². The summed E-state index contributed by atoms with van der Waals surface area (Å²) in [4.78, 5) is 24.4. The molecule has 1 amide bonds. The molecule has 0 heterocycles. The Kier molecular flexibility index (Phi) is 6.52. The lowest BCUT2D eigenvalue weighted by Crippen LogP contribution is -2.54. The van der Waals surface area contributed by atoms with Gasteiger partial charge in [0.1, 0.15) is 11.9 Å². The molecule has 1 aromatic rings. The average Bonchev–Trinajstić information content (AvgIpc) is 3.18. The average molecular weight is 484 g/mol. The number of aromatic hydroxyl groups is 1. The molecule has 5 rings (SSSR count). The standard InChI is InChI=1S/C29H41NO5/c1-28-14-11-20(35-27(34)30-16-13-18-5-3-4-6-25(18)31)17-19(28)7-8-21-22-9-10-24(26(32)33)29(22,2)15-12-23(21)28/h3-6,19-24,31H,7-17H2,1-2H3,(H,30,34)(H,32,33)/t19?,20?,21-,22-,23+,24?,28-,29-/m0/s1. The van der Waals surface area contributed by atoms with E-state index in [-0.39, 0.29) is 34.7 Å². The SMILES string of the molecule is C[C@]12CCC(OC(=O)NCCc3ccccc3O)CC1CC[C@@H]1[C@H]2CC[C@]2(C)C(C(=O)O)CC[C@@H]12. The Labute approximate surface area is 208 Å². The van der Waals surface area contributed by atoms with Gasteiger partial charge in [-0.3, -0.25) is 4.79 Å². The minimum Gasteiger partial charge on any atom is -0.508 e. The van der Waals surface area contributed by atoms with Gasteiger partial charge in [-0.15, -0.1) is 0 Å². The second-order valence-electron chi connectivity index (χ2n) is 12.3. The number of nitrogens with one attached hydrogen (secondary N) is 1. The quantitative estimate of drug-likeness (QED) is 0.494. The topological polar surface area (TPSA) is 95.9 Å². The third-order valence-corrected chi connectivity index (χ3v) is 10.8. The molecule has 6 heteroatoms. The Morgan fingerprint density at radius 1 is 1.00 bits per heavy atom. The maximum absolute atomic E-state index is 12.5. The number of rotatable bonds is 5. The molecular weight excluding hydrogens is 442 g/mol. The van der Waals surface area contributed by atoms with Crippen molar-refractivity contribution in [1.29, 1.82) is 0 Å². The van der Waals surface area contributed by atoms with E-state index in [1.165, 1.54) is 6.42 Å². The predicted octanol–water partition coefficient (Wildman–Crippen LogP) is 5.77. The van der Waals surface area contributed by atoms with Gasteiger partial charge in [0.2, 0.25) is 0 Å². The van der Waals surface area contributed by atoms with Crippen molar-refractivity contribution in [3.63, 3.8) is 0 Å². The summed E-state index contributed by atoms with van der Waals surface area (Å²) in [6.45, 7) is 5.17. The van der Waals surface area contributed by atoms with Crippen LogP contribution in [0.1, 0.15) is 77.2 Å². The summed E-state index contributed by atoms with van der Waals surface area (Å²) in [5, 5.41) is 22.6. The number of aliphatic carboxylic acids is 1. The summed E-state index contributed by atoms with van der Waals surface area (Å²) in [6, 6.07) is 7.19. The third-order valence-electron chi connectivity index (χ3n) is 10.8. The van der Waals surface area contributed by atoms with Crippen LogP contribution in [0.3, 0.4) is 0 Å². The summed E-state index contributed by atoms with van der Waals surface area (Å²) in [5.74, 6) is 1.91. The number of para-hydroxylation sites is 1. The molecular formula is C29H41NO5. The number of hydrogen-bond acceptors (Lipinski definition) is 4. The fraction of sp³-hybridized carbons (Fsp3) is 0.724. The van der Waals surface area contributed by atoms with Gasteiger partial charge < -0.3 is 20.3 Å². The lowest BCUT2D eigenvalue weighted by Gasteiger charge is -2.60. The smallest absolute Gasteiger partial charge is 0.407 e. The number of benzene rings is 1. The van der Waals surface area contributed by atoms with Gasteiger partial charge >= 0.3 is 12.1 Å². The largest absolute Gasteiger partial charge is 0.508 e. The number of hydrogen-bond donors (Lipinski definition) is 3. The van der Waals surface area contributed by atoms with E-state index in [0.29, 0.717) is 36.6 Å². The van der Waals surface area contributed by atoms with Crippen molar-refractivity contribution < 1.29 is 24.5 Å². The molecule has 0 bridgehead atoms. The highest BCUT2D eigenvalue weighted by molar-refractivity contribution is 5.71. The fourth-order valence-corrected chi connectivity index (χ4v) is 8.95. The molecule has 192 valence electrons. The number of amides is 1. The van der Waals surface area contributed by atoms with E-state index in [9.17, 15) is 19.8 Å². The van der Waals surface area contributed by atoms with Crippen LogP contribution in [0.4, 0.5) is 4.79 Å². The number of carboxylic acid groups (broad SMARTS) is 1. The molecule has 3 N–H and O–H groups in total. The monoisotopic (exact) mass is 483 g/mol. The van der Waals surface area contributed by atoms with Gasteiger partial charge in [-0.25, -0.2) is 4.79 Å². The molecule has 8 atom stereocenters. The highest BCUT2D eigenvalue weighted by Crippen LogP contribution is 2.67. The van der Waals surface area contributed by atoms with Crippen LogP contribution >= 0.6 is 0 Å². The number of phenolic OH excluding ortho intramolecular Hbond substituents is 1. The van der Waals surface area contributed by atoms with E-state index in [2.05, 4.69) is 19.2 Å². The Bertz CT molecular complexity index is 964. The number of carbonyl (C=O) groups is 2. The minimum atomic E-state index is -0.593. The molecule has 0 aliphatic heterocycles. The van der Waals surface area contributed by atoms with Crippen molar-refractivity contribution in [3.8, 4) is 5.75 Å². The number of carbonyl (C=O) groups excluding carboxylic acids is 1. The van der Waals surface area contributed by atoms with Crippen molar-refractivity contribution in [3.05, 3.63) is 29.8 Å². The molecule has 4 fully saturated rings. The predicted molar refractivity (Wildman–Crippen MR) is 133 cm³/mol. The Balaban J connectivity index is 1.16. The van der Waals surface area contributed by atoms with Crippen LogP contribution in [0.5, 0.6) is 5.75 Å². The van der Waals surface area contributed by atoms with Crippen LogP contribution in [0, 0.1) is 40.4 Å². The first-order valence-corrected chi connectivity index (χ1v) is 13.7. The van der Waals surface area contributed by atoms with Crippen molar-refractivity contribution in [2.75, 3.05) is 6.54 Å². The van der Waals surface area contributed by atoms with Crippen LogP contribution in [-0.2, 0) is 16.0 Å². The van der Waals surface area contributed by atoms with Gasteiger partial charge in [0.25, 0.3) is 0 Å². The number of alkyl carbamates (subject to hydrolysis) is 1. The summed E-state index contributed by atoms with van der Waals surface area (Å²) in [6.07, 6.45) is 9.55. The van der Waals surface area contributed by atoms with E-state index in [1.807, 2.05) is 12.1 Å². The third kappa shape index (κ3) is 4.31. The van der Waals surface area contributed by atoms with Gasteiger partial charge in [-0.1, -0.05) is 32.0 Å². The number of fused-ring (bicyclic) bond motifs is 5. The molecule has 1 aromatic carbocycles. The fourth-order valence-electron chi connectivity index (χ4n) is 8.95. The van der Waals surface area contributed by atoms with Gasteiger partial charge in [0.15, 0.2) is 0 Å². The molecule has 0 radical (unpaired) electrons. The lowest BCUT2D eigenvalue weighted by atomic mass is 9.44.